The molecular weight excluding hydrogens is 251 g/mol. The van der Waals surface area contributed by atoms with Gasteiger partial charge in [-0.2, -0.15) is 0 Å². The van der Waals surface area contributed by atoms with Gasteiger partial charge in [0, 0.05) is 25.3 Å². The first-order valence-electron chi connectivity index (χ1n) is 6.89. The number of hydrogen-bond donors (Lipinski definition) is 1. The topological polar surface area (TPSA) is 15.3 Å². The summed E-state index contributed by atoms with van der Waals surface area (Å²) in [7, 11) is 1.90. The van der Waals surface area contributed by atoms with Crippen LogP contribution in [0.1, 0.15) is 19.4 Å². The summed E-state index contributed by atoms with van der Waals surface area (Å²) in [6.45, 7) is 5.00. The number of benzene rings is 2. The molecule has 0 amide bonds. The first-order valence-corrected chi connectivity index (χ1v) is 6.89. The lowest BCUT2D eigenvalue weighted by molar-refractivity contribution is 0.588. The molecule has 0 atom stereocenters. The predicted molar refractivity (Wildman–Crippen MR) is 82.9 cm³/mol. The SMILES string of the molecule is CC(C)NCc1ccccc1N(C)c1ccccc1F. The molecule has 0 saturated carbocycles. The fourth-order valence-electron chi connectivity index (χ4n) is 2.16. The van der Waals surface area contributed by atoms with Crippen molar-refractivity contribution in [1.29, 1.82) is 0 Å². The van der Waals surface area contributed by atoms with Gasteiger partial charge >= 0.3 is 0 Å². The predicted octanol–water partition coefficient (Wildman–Crippen LogP) is 4.09. The normalized spacial score (nSPS) is 10.8. The minimum absolute atomic E-state index is 0.207. The van der Waals surface area contributed by atoms with E-state index in [0.29, 0.717) is 11.7 Å². The molecule has 0 aromatic heterocycles. The van der Waals surface area contributed by atoms with Crippen LogP contribution in [0.5, 0.6) is 0 Å². The van der Waals surface area contributed by atoms with Crippen LogP contribution in [0.15, 0.2) is 48.5 Å². The van der Waals surface area contributed by atoms with Crippen molar-refractivity contribution >= 4 is 11.4 Å². The highest BCUT2D eigenvalue weighted by Gasteiger charge is 2.12. The van der Waals surface area contributed by atoms with Crippen LogP contribution < -0.4 is 10.2 Å². The maximum Gasteiger partial charge on any atom is 0.146 e. The van der Waals surface area contributed by atoms with E-state index in [1.165, 1.54) is 6.07 Å². The van der Waals surface area contributed by atoms with Crippen LogP contribution in [0, 0.1) is 5.82 Å². The van der Waals surface area contributed by atoms with Crippen molar-refractivity contribution in [3.8, 4) is 0 Å². The van der Waals surface area contributed by atoms with E-state index >= 15 is 0 Å². The second-order valence-electron chi connectivity index (χ2n) is 5.17. The molecule has 0 heterocycles. The van der Waals surface area contributed by atoms with E-state index in [1.807, 2.05) is 36.2 Å². The highest BCUT2D eigenvalue weighted by Crippen LogP contribution is 2.28. The lowest BCUT2D eigenvalue weighted by atomic mass is 10.1. The lowest BCUT2D eigenvalue weighted by Crippen LogP contribution is -2.23. The monoisotopic (exact) mass is 272 g/mol. The van der Waals surface area contributed by atoms with Crippen molar-refractivity contribution in [2.45, 2.75) is 26.4 Å². The van der Waals surface area contributed by atoms with Crippen LogP contribution in [0.2, 0.25) is 0 Å². The number of nitrogens with one attached hydrogen (secondary N) is 1. The third-order valence-corrected chi connectivity index (χ3v) is 3.27. The molecular formula is C17H21FN2. The Hall–Kier alpha value is -1.87. The Morgan fingerprint density at radius 3 is 2.25 bits per heavy atom. The Morgan fingerprint density at radius 1 is 1.00 bits per heavy atom. The van der Waals surface area contributed by atoms with E-state index in [4.69, 9.17) is 0 Å². The van der Waals surface area contributed by atoms with E-state index < -0.39 is 0 Å². The highest BCUT2D eigenvalue weighted by atomic mass is 19.1. The molecule has 2 aromatic rings. The summed E-state index contributed by atoms with van der Waals surface area (Å²) in [4.78, 5) is 1.90. The number of rotatable bonds is 5. The Kier molecular flexibility index (Phi) is 4.74. The van der Waals surface area contributed by atoms with E-state index in [2.05, 4.69) is 25.2 Å². The van der Waals surface area contributed by atoms with Crippen molar-refractivity contribution in [1.82, 2.24) is 5.32 Å². The first kappa shape index (κ1) is 14.5. The molecule has 0 aliphatic rings. The zero-order valence-corrected chi connectivity index (χ0v) is 12.2. The van der Waals surface area contributed by atoms with E-state index in [-0.39, 0.29) is 5.82 Å². The summed E-state index contributed by atoms with van der Waals surface area (Å²) in [6, 6.07) is 15.3. The van der Waals surface area contributed by atoms with Gasteiger partial charge in [-0.25, -0.2) is 4.39 Å². The molecule has 0 unspecified atom stereocenters. The van der Waals surface area contributed by atoms with Crippen LogP contribution in [0.4, 0.5) is 15.8 Å². The van der Waals surface area contributed by atoms with Gasteiger partial charge in [0.15, 0.2) is 0 Å². The number of nitrogens with zero attached hydrogens (tertiary/aromatic N) is 1. The lowest BCUT2D eigenvalue weighted by Gasteiger charge is -2.23. The molecule has 0 bridgehead atoms. The van der Waals surface area contributed by atoms with Crippen LogP contribution in [0.3, 0.4) is 0 Å². The third kappa shape index (κ3) is 3.36. The van der Waals surface area contributed by atoms with Gasteiger partial charge in [0.05, 0.1) is 5.69 Å². The Labute approximate surface area is 120 Å². The van der Waals surface area contributed by atoms with E-state index in [9.17, 15) is 4.39 Å². The van der Waals surface area contributed by atoms with Gasteiger partial charge in [-0.3, -0.25) is 0 Å². The molecule has 0 aliphatic carbocycles. The molecule has 2 rings (SSSR count). The van der Waals surface area contributed by atoms with Crippen LogP contribution in [0.25, 0.3) is 0 Å². The maximum absolute atomic E-state index is 13.9. The fourth-order valence-corrected chi connectivity index (χ4v) is 2.16. The first-order chi connectivity index (χ1) is 9.59. The van der Waals surface area contributed by atoms with Gasteiger partial charge in [-0.05, 0) is 23.8 Å². The van der Waals surface area contributed by atoms with Gasteiger partial charge < -0.3 is 10.2 Å². The second kappa shape index (κ2) is 6.53. The zero-order chi connectivity index (χ0) is 14.5. The van der Waals surface area contributed by atoms with E-state index in [1.54, 1.807) is 12.1 Å². The quantitative estimate of drug-likeness (QED) is 0.882. The summed E-state index contributed by atoms with van der Waals surface area (Å²) < 4.78 is 13.9. The molecule has 0 fully saturated rings. The van der Waals surface area contributed by atoms with Crippen molar-refractivity contribution < 1.29 is 4.39 Å². The molecule has 0 aliphatic heterocycles. The molecule has 0 radical (unpaired) electrons. The van der Waals surface area contributed by atoms with Gasteiger partial charge in [-0.1, -0.05) is 44.2 Å². The largest absolute Gasteiger partial charge is 0.342 e. The standard InChI is InChI=1S/C17H21FN2/c1-13(2)19-12-14-8-4-6-10-16(14)20(3)17-11-7-5-9-15(17)18/h4-11,13,19H,12H2,1-3H3. The molecule has 2 aromatic carbocycles. The molecule has 1 N–H and O–H groups in total. The van der Waals surface area contributed by atoms with Crippen molar-refractivity contribution in [2.75, 3.05) is 11.9 Å². The highest BCUT2D eigenvalue weighted by molar-refractivity contribution is 5.66. The van der Waals surface area contributed by atoms with Gasteiger partial charge in [0.2, 0.25) is 0 Å². The summed E-state index contributed by atoms with van der Waals surface area (Å²) in [5.41, 5.74) is 2.77. The molecule has 20 heavy (non-hydrogen) atoms. The summed E-state index contributed by atoms with van der Waals surface area (Å²) in [6.07, 6.45) is 0. The fraction of sp³-hybridized carbons (Fsp3) is 0.294. The summed E-state index contributed by atoms with van der Waals surface area (Å²) >= 11 is 0. The zero-order valence-electron chi connectivity index (χ0n) is 12.2. The number of para-hydroxylation sites is 2. The van der Waals surface area contributed by atoms with Crippen molar-refractivity contribution in [2.24, 2.45) is 0 Å². The minimum atomic E-state index is -0.207. The Morgan fingerprint density at radius 2 is 1.60 bits per heavy atom. The third-order valence-electron chi connectivity index (χ3n) is 3.27. The molecule has 0 spiro atoms. The molecule has 106 valence electrons. The molecule has 0 saturated heterocycles. The maximum atomic E-state index is 13.9. The van der Waals surface area contributed by atoms with Gasteiger partial charge in [0.25, 0.3) is 0 Å². The summed E-state index contributed by atoms with van der Waals surface area (Å²) in [5.74, 6) is -0.207. The summed E-state index contributed by atoms with van der Waals surface area (Å²) in [5, 5.41) is 3.40. The average molecular weight is 272 g/mol. The Bertz CT molecular complexity index is 566. The molecule has 3 heteroatoms. The van der Waals surface area contributed by atoms with Gasteiger partial charge in [-0.15, -0.1) is 0 Å². The number of anilines is 2. The van der Waals surface area contributed by atoms with Crippen LogP contribution >= 0.6 is 0 Å². The van der Waals surface area contributed by atoms with Crippen LogP contribution in [-0.4, -0.2) is 13.1 Å². The average Bonchev–Trinajstić information content (AvgIpc) is 2.45. The smallest absolute Gasteiger partial charge is 0.146 e. The van der Waals surface area contributed by atoms with Crippen molar-refractivity contribution in [3.05, 3.63) is 59.9 Å². The minimum Gasteiger partial charge on any atom is -0.342 e. The molecule has 2 nitrogen and oxygen atoms in total. The second-order valence-corrected chi connectivity index (χ2v) is 5.17. The van der Waals surface area contributed by atoms with Crippen molar-refractivity contribution in [3.63, 3.8) is 0 Å². The van der Waals surface area contributed by atoms with E-state index in [0.717, 1.165) is 17.8 Å². The Balaban J connectivity index is 2.30. The van der Waals surface area contributed by atoms with Crippen LogP contribution in [-0.2, 0) is 6.54 Å². The van der Waals surface area contributed by atoms with Gasteiger partial charge in [0.1, 0.15) is 5.82 Å². The number of hydrogen-bond acceptors (Lipinski definition) is 2. The number of halogens is 1.